The molecule has 3 aromatic rings. The summed E-state index contributed by atoms with van der Waals surface area (Å²) in [7, 11) is -3.85. The molecule has 0 spiro atoms. The van der Waals surface area contributed by atoms with Gasteiger partial charge in [-0.1, -0.05) is 12.1 Å². The van der Waals surface area contributed by atoms with Gasteiger partial charge >= 0.3 is 0 Å². The lowest BCUT2D eigenvalue weighted by Crippen LogP contribution is -2.15. The van der Waals surface area contributed by atoms with Crippen LogP contribution in [0.1, 0.15) is 10.4 Å². The second kappa shape index (κ2) is 7.19. The van der Waals surface area contributed by atoms with Crippen LogP contribution < -0.4 is 10.0 Å². The van der Waals surface area contributed by atoms with Crippen molar-refractivity contribution in [3.63, 3.8) is 0 Å². The Kier molecular flexibility index (Phi) is 4.81. The summed E-state index contributed by atoms with van der Waals surface area (Å²) in [6.07, 6.45) is 2.84. The number of hydrogen-bond acceptors (Lipinski definition) is 6. The van der Waals surface area contributed by atoms with Gasteiger partial charge in [0.05, 0.1) is 10.5 Å². The van der Waals surface area contributed by atoms with Crippen LogP contribution in [0.15, 0.2) is 71.9 Å². The fourth-order valence-electron chi connectivity index (χ4n) is 2.11. The summed E-state index contributed by atoms with van der Waals surface area (Å²) in [5.74, 6) is -0.685. The summed E-state index contributed by atoms with van der Waals surface area (Å²) in [6.45, 7) is 0. The van der Waals surface area contributed by atoms with Crippen molar-refractivity contribution >= 4 is 27.6 Å². The average molecular weight is 370 g/mol. The molecule has 0 atom stereocenters. The van der Waals surface area contributed by atoms with Gasteiger partial charge in [0.25, 0.3) is 15.9 Å². The number of carbonyl (C=O) groups is 1. The lowest BCUT2D eigenvalue weighted by molar-refractivity contribution is 0.102. The molecule has 2 aromatic carbocycles. The van der Waals surface area contributed by atoms with Gasteiger partial charge in [0.15, 0.2) is 0 Å². The maximum atomic E-state index is 12.3. The van der Waals surface area contributed by atoms with E-state index in [4.69, 9.17) is 0 Å². The van der Waals surface area contributed by atoms with E-state index in [1.807, 2.05) is 0 Å². The highest BCUT2D eigenvalue weighted by Gasteiger charge is 2.16. The highest BCUT2D eigenvalue weighted by molar-refractivity contribution is 7.92. The van der Waals surface area contributed by atoms with Crippen LogP contribution in [0, 0.1) is 0 Å². The van der Waals surface area contributed by atoms with E-state index in [1.165, 1.54) is 48.8 Å². The van der Waals surface area contributed by atoms with Gasteiger partial charge in [-0.05, 0) is 42.5 Å². The molecule has 1 aromatic heterocycles. The van der Waals surface area contributed by atoms with Gasteiger partial charge in [0.1, 0.15) is 5.75 Å². The van der Waals surface area contributed by atoms with Crippen LogP contribution in [0.5, 0.6) is 5.75 Å². The number of anilines is 2. The highest BCUT2D eigenvalue weighted by Crippen LogP contribution is 2.20. The Balaban J connectivity index is 1.74. The van der Waals surface area contributed by atoms with Crippen LogP contribution in [0.2, 0.25) is 0 Å². The third-order valence-electron chi connectivity index (χ3n) is 3.36. The van der Waals surface area contributed by atoms with Crippen LogP contribution in [0.25, 0.3) is 0 Å². The Morgan fingerprint density at radius 1 is 0.923 bits per heavy atom. The van der Waals surface area contributed by atoms with E-state index in [0.29, 0.717) is 5.69 Å². The largest absolute Gasteiger partial charge is 0.507 e. The topological polar surface area (TPSA) is 121 Å². The predicted molar refractivity (Wildman–Crippen MR) is 95.3 cm³/mol. The number of sulfonamides is 1. The standard InChI is InChI=1S/C17H14N4O4S/c22-15-5-2-1-4-14(15)16(23)20-12-6-8-13(9-7-12)26(24,25)21-17-18-10-3-11-19-17/h1-11,22H,(H,20,23)(H,18,19,21). The van der Waals surface area contributed by atoms with E-state index in [-0.39, 0.29) is 22.2 Å². The summed E-state index contributed by atoms with van der Waals surface area (Å²) in [6, 6.07) is 13.2. The van der Waals surface area contributed by atoms with Crippen molar-refractivity contribution in [2.75, 3.05) is 10.0 Å². The first-order chi connectivity index (χ1) is 12.5. The molecule has 26 heavy (non-hydrogen) atoms. The molecule has 1 heterocycles. The first-order valence-electron chi connectivity index (χ1n) is 7.45. The zero-order valence-electron chi connectivity index (χ0n) is 13.3. The molecule has 0 aliphatic carbocycles. The number of hydrogen-bond donors (Lipinski definition) is 3. The van der Waals surface area contributed by atoms with E-state index >= 15 is 0 Å². The van der Waals surface area contributed by atoms with E-state index in [1.54, 1.807) is 18.2 Å². The molecular formula is C17H14N4O4S. The maximum Gasteiger partial charge on any atom is 0.264 e. The maximum absolute atomic E-state index is 12.3. The van der Waals surface area contributed by atoms with Crippen LogP contribution in [0.4, 0.5) is 11.6 Å². The normalized spacial score (nSPS) is 10.9. The molecule has 0 radical (unpaired) electrons. The molecule has 3 N–H and O–H groups in total. The Morgan fingerprint density at radius 2 is 1.58 bits per heavy atom. The van der Waals surface area contributed by atoms with Crippen molar-refractivity contribution < 1.29 is 18.3 Å². The van der Waals surface area contributed by atoms with Gasteiger partial charge in [0, 0.05) is 18.1 Å². The molecule has 132 valence electrons. The fraction of sp³-hybridized carbons (Fsp3) is 0. The van der Waals surface area contributed by atoms with Gasteiger partial charge in [-0.25, -0.2) is 23.1 Å². The second-order valence-electron chi connectivity index (χ2n) is 5.17. The molecule has 0 unspecified atom stereocenters. The molecule has 8 nitrogen and oxygen atoms in total. The summed E-state index contributed by atoms with van der Waals surface area (Å²) in [4.78, 5) is 19.7. The van der Waals surface area contributed by atoms with Crippen molar-refractivity contribution in [1.29, 1.82) is 0 Å². The summed E-state index contributed by atoms with van der Waals surface area (Å²) in [5, 5.41) is 12.3. The van der Waals surface area contributed by atoms with Gasteiger partial charge < -0.3 is 10.4 Å². The Bertz CT molecular complexity index is 1020. The average Bonchev–Trinajstić information content (AvgIpc) is 2.63. The number of aromatic hydroxyl groups is 1. The van der Waals surface area contributed by atoms with Crippen molar-refractivity contribution in [1.82, 2.24) is 9.97 Å². The van der Waals surface area contributed by atoms with Crippen LogP contribution in [-0.4, -0.2) is 29.4 Å². The molecule has 1 amide bonds. The number of amides is 1. The van der Waals surface area contributed by atoms with E-state index in [2.05, 4.69) is 20.0 Å². The van der Waals surface area contributed by atoms with Crippen LogP contribution in [0.3, 0.4) is 0 Å². The van der Waals surface area contributed by atoms with Gasteiger partial charge in [0.2, 0.25) is 5.95 Å². The number of carbonyl (C=O) groups excluding carboxylic acids is 1. The zero-order chi connectivity index (χ0) is 18.6. The van der Waals surface area contributed by atoms with Crippen molar-refractivity contribution in [2.45, 2.75) is 4.90 Å². The van der Waals surface area contributed by atoms with Crippen molar-refractivity contribution in [2.24, 2.45) is 0 Å². The molecule has 0 saturated heterocycles. The molecule has 3 rings (SSSR count). The highest BCUT2D eigenvalue weighted by atomic mass is 32.2. The van der Waals surface area contributed by atoms with Crippen LogP contribution >= 0.6 is 0 Å². The molecule has 0 bridgehead atoms. The van der Waals surface area contributed by atoms with Gasteiger partial charge in [-0.15, -0.1) is 0 Å². The minimum absolute atomic E-state index is 0.00879. The Hall–Kier alpha value is -3.46. The lowest BCUT2D eigenvalue weighted by atomic mass is 10.2. The SMILES string of the molecule is O=C(Nc1ccc(S(=O)(=O)Nc2ncccn2)cc1)c1ccccc1O. The molecule has 0 fully saturated rings. The van der Waals surface area contributed by atoms with Crippen molar-refractivity contribution in [3.05, 3.63) is 72.6 Å². The molecule has 0 aliphatic rings. The van der Waals surface area contributed by atoms with E-state index in [9.17, 15) is 18.3 Å². The quantitative estimate of drug-likeness (QED) is 0.633. The van der Waals surface area contributed by atoms with E-state index in [0.717, 1.165) is 0 Å². The molecule has 9 heteroatoms. The minimum Gasteiger partial charge on any atom is -0.507 e. The Labute approximate surface area is 149 Å². The molecule has 0 aliphatic heterocycles. The molecule has 0 saturated carbocycles. The third-order valence-corrected chi connectivity index (χ3v) is 4.71. The van der Waals surface area contributed by atoms with Crippen LogP contribution in [-0.2, 0) is 10.0 Å². The number of phenols is 1. The summed E-state index contributed by atoms with van der Waals surface area (Å²) < 4.78 is 26.8. The fourth-order valence-corrected chi connectivity index (χ4v) is 3.07. The summed E-state index contributed by atoms with van der Waals surface area (Å²) in [5.41, 5.74) is 0.500. The first kappa shape index (κ1) is 17.4. The predicted octanol–water partition coefficient (Wildman–Crippen LogP) is 2.24. The number of benzene rings is 2. The number of phenolic OH excluding ortho intramolecular Hbond substituents is 1. The monoisotopic (exact) mass is 370 g/mol. The van der Waals surface area contributed by atoms with Gasteiger partial charge in [-0.3, -0.25) is 4.79 Å². The number of rotatable bonds is 5. The van der Waals surface area contributed by atoms with Crippen molar-refractivity contribution in [3.8, 4) is 5.75 Å². The number of aromatic nitrogens is 2. The first-order valence-corrected chi connectivity index (χ1v) is 8.93. The third kappa shape index (κ3) is 3.95. The Morgan fingerprint density at radius 3 is 2.23 bits per heavy atom. The number of nitrogens with zero attached hydrogens (tertiary/aromatic N) is 2. The molecular weight excluding hydrogens is 356 g/mol. The smallest absolute Gasteiger partial charge is 0.264 e. The minimum atomic E-state index is -3.85. The second-order valence-corrected chi connectivity index (χ2v) is 6.86. The van der Waals surface area contributed by atoms with Gasteiger partial charge in [-0.2, -0.15) is 0 Å². The zero-order valence-corrected chi connectivity index (χ0v) is 14.1. The number of para-hydroxylation sites is 1. The lowest BCUT2D eigenvalue weighted by Gasteiger charge is -2.09. The number of nitrogens with one attached hydrogen (secondary N) is 2. The van der Waals surface area contributed by atoms with E-state index < -0.39 is 15.9 Å². The summed E-state index contributed by atoms with van der Waals surface area (Å²) >= 11 is 0.